The van der Waals surface area contributed by atoms with E-state index in [-0.39, 0.29) is 6.42 Å². The molecule has 1 atom stereocenters. The summed E-state index contributed by atoms with van der Waals surface area (Å²) in [7, 11) is -4.09. The average molecular weight is 559 g/mol. The van der Waals surface area contributed by atoms with Crippen LogP contribution in [0.4, 0.5) is 5.69 Å². The van der Waals surface area contributed by atoms with E-state index in [9.17, 15) is 13.0 Å². The predicted molar refractivity (Wildman–Crippen MR) is 145 cm³/mol. The number of halogens is 2. The van der Waals surface area contributed by atoms with Gasteiger partial charge in [-0.25, -0.2) is 0 Å². The molecule has 0 aliphatic carbocycles. The molecule has 5 nitrogen and oxygen atoms in total. The molecule has 0 amide bonds. The molecule has 1 N–H and O–H groups in total. The molecule has 34 heavy (non-hydrogen) atoms. The van der Waals surface area contributed by atoms with E-state index in [0.29, 0.717) is 22.5 Å². The van der Waals surface area contributed by atoms with Crippen molar-refractivity contribution in [2.75, 3.05) is 11.4 Å². The number of hydrogen-bond donors (Lipinski definition) is 1. The van der Waals surface area contributed by atoms with Crippen LogP contribution in [-0.4, -0.2) is 24.8 Å². The average Bonchev–Trinajstić information content (AvgIpc) is 3.26. The van der Waals surface area contributed by atoms with Gasteiger partial charge in [-0.2, -0.15) is 13.0 Å². The van der Waals surface area contributed by atoms with Crippen LogP contribution in [0.1, 0.15) is 38.6 Å². The minimum atomic E-state index is -4.09. The highest BCUT2D eigenvalue weighted by Crippen LogP contribution is 2.48. The number of benzene rings is 2. The normalized spacial score (nSPS) is 16.1. The van der Waals surface area contributed by atoms with Gasteiger partial charge in [0.15, 0.2) is 6.54 Å². The minimum absolute atomic E-state index is 0.290. The summed E-state index contributed by atoms with van der Waals surface area (Å²) >= 11 is 16.0. The zero-order chi connectivity index (χ0) is 24.6. The van der Waals surface area contributed by atoms with Crippen molar-refractivity contribution in [2.24, 2.45) is 5.92 Å². The molecule has 0 spiro atoms. The summed E-state index contributed by atoms with van der Waals surface area (Å²) in [6.45, 7) is 7.27. The number of thioether (sulfide) groups is 1. The number of rotatable bonds is 8. The second-order valence-electron chi connectivity index (χ2n) is 8.85. The van der Waals surface area contributed by atoms with Crippen LogP contribution in [-0.2, 0) is 16.7 Å². The maximum absolute atomic E-state index is 11.6. The fourth-order valence-electron chi connectivity index (χ4n) is 3.78. The smallest absolute Gasteiger partial charge is 0.267 e. The summed E-state index contributed by atoms with van der Waals surface area (Å²) in [5.41, 5.74) is 2.06. The van der Waals surface area contributed by atoms with E-state index in [1.54, 1.807) is 23.1 Å². The van der Waals surface area contributed by atoms with Gasteiger partial charge in [0.1, 0.15) is 4.70 Å². The van der Waals surface area contributed by atoms with Crippen molar-refractivity contribution in [3.63, 3.8) is 0 Å². The van der Waals surface area contributed by atoms with Crippen LogP contribution in [0.25, 0.3) is 16.3 Å². The second kappa shape index (κ2) is 10.4. The SMILES string of the molecule is CC(C)CCN1/C(=C/c2sc3ccc(Cl)cc3[n+]2CCC(C)S(=O)(=O)O)Sc2ccc(Cl)cc21. The van der Waals surface area contributed by atoms with Crippen LogP contribution in [0.2, 0.25) is 10.0 Å². The topological polar surface area (TPSA) is 61.5 Å². The number of aromatic nitrogens is 1. The molecule has 0 saturated heterocycles. The number of anilines is 1. The van der Waals surface area contributed by atoms with Gasteiger partial charge in [0.2, 0.25) is 5.52 Å². The Kier molecular flexibility index (Phi) is 7.86. The summed E-state index contributed by atoms with van der Waals surface area (Å²) in [6, 6.07) is 11.7. The van der Waals surface area contributed by atoms with Gasteiger partial charge in [0.05, 0.1) is 22.0 Å². The monoisotopic (exact) mass is 557 g/mol. The molecular formula is C24H27Cl2N2O3S3+. The van der Waals surface area contributed by atoms with Crippen molar-refractivity contribution in [1.29, 1.82) is 0 Å². The van der Waals surface area contributed by atoms with Crippen LogP contribution < -0.4 is 9.47 Å². The van der Waals surface area contributed by atoms with Gasteiger partial charge in [-0.3, -0.25) is 4.55 Å². The van der Waals surface area contributed by atoms with Crippen LogP contribution in [0.3, 0.4) is 0 Å². The Morgan fingerprint density at radius 3 is 2.50 bits per heavy atom. The van der Waals surface area contributed by atoms with Crippen molar-refractivity contribution in [1.82, 2.24) is 0 Å². The Bertz CT molecular complexity index is 1350. The third-order valence-corrected chi connectivity index (χ3v) is 9.78. The molecule has 4 rings (SSSR count). The first-order valence-corrected chi connectivity index (χ1v) is 15.0. The summed E-state index contributed by atoms with van der Waals surface area (Å²) in [5.74, 6) is 0.563. The van der Waals surface area contributed by atoms with E-state index in [1.807, 2.05) is 30.3 Å². The van der Waals surface area contributed by atoms with Crippen molar-refractivity contribution in [3.8, 4) is 0 Å². The molecular weight excluding hydrogens is 531 g/mol. The minimum Gasteiger partial charge on any atom is -0.335 e. The zero-order valence-electron chi connectivity index (χ0n) is 19.2. The molecule has 1 aromatic heterocycles. The maximum atomic E-state index is 11.6. The Hall–Kier alpha value is -1.29. The Morgan fingerprint density at radius 2 is 1.79 bits per heavy atom. The van der Waals surface area contributed by atoms with Crippen molar-refractivity contribution < 1.29 is 17.5 Å². The Morgan fingerprint density at radius 1 is 1.09 bits per heavy atom. The predicted octanol–water partition coefficient (Wildman–Crippen LogP) is 7.12. The second-order valence-corrected chi connectivity index (χ2v) is 13.7. The third-order valence-electron chi connectivity index (χ3n) is 5.83. The highest BCUT2D eigenvalue weighted by atomic mass is 35.5. The van der Waals surface area contributed by atoms with Crippen LogP contribution in [0, 0.1) is 5.92 Å². The van der Waals surface area contributed by atoms with Gasteiger partial charge in [-0.1, -0.05) is 60.1 Å². The van der Waals surface area contributed by atoms with Crippen LogP contribution in [0.15, 0.2) is 46.3 Å². The first-order chi connectivity index (χ1) is 16.0. The lowest BCUT2D eigenvalue weighted by Crippen LogP contribution is -2.37. The molecule has 1 aliphatic rings. The molecule has 1 unspecified atom stereocenters. The summed E-state index contributed by atoms with van der Waals surface area (Å²) in [4.78, 5) is 3.48. The number of fused-ring (bicyclic) bond motifs is 2. The van der Waals surface area contributed by atoms with Crippen molar-refractivity contribution in [2.45, 2.75) is 50.3 Å². The lowest BCUT2D eigenvalue weighted by atomic mass is 10.1. The molecule has 3 aromatic rings. The molecule has 0 saturated carbocycles. The lowest BCUT2D eigenvalue weighted by molar-refractivity contribution is -0.669. The molecule has 2 aromatic carbocycles. The highest BCUT2D eigenvalue weighted by Gasteiger charge is 2.29. The molecule has 0 bridgehead atoms. The van der Waals surface area contributed by atoms with Gasteiger partial charge >= 0.3 is 0 Å². The van der Waals surface area contributed by atoms with E-state index in [4.69, 9.17) is 23.2 Å². The summed E-state index contributed by atoms with van der Waals surface area (Å²) in [5, 5.41) is 2.57. The van der Waals surface area contributed by atoms with E-state index in [2.05, 4.69) is 35.5 Å². The number of aryl methyl sites for hydroxylation is 1. The number of thiazole rings is 1. The summed E-state index contributed by atoms with van der Waals surface area (Å²) < 4.78 is 35.8. The van der Waals surface area contributed by atoms with Gasteiger partial charge in [0, 0.05) is 34.0 Å². The van der Waals surface area contributed by atoms with Gasteiger partial charge in [-0.05, 0) is 49.6 Å². The molecule has 0 radical (unpaired) electrons. The van der Waals surface area contributed by atoms with Gasteiger partial charge in [-0.15, -0.1) is 0 Å². The Labute approximate surface area is 219 Å². The van der Waals surface area contributed by atoms with Crippen molar-refractivity contribution in [3.05, 3.63) is 56.5 Å². The first kappa shape index (κ1) is 25.8. The number of hydrogen-bond acceptors (Lipinski definition) is 5. The first-order valence-electron chi connectivity index (χ1n) is 11.1. The van der Waals surface area contributed by atoms with E-state index >= 15 is 0 Å². The molecule has 0 fully saturated rings. The van der Waals surface area contributed by atoms with Crippen molar-refractivity contribution >= 4 is 78.4 Å². The molecule has 182 valence electrons. The molecule has 1 aliphatic heterocycles. The van der Waals surface area contributed by atoms with E-state index in [0.717, 1.165) is 43.8 Å². The standard InChI is InChI=1S/C24H26Cl2N2O3S3/c1-15(2)8-10-27-19-12-17(25)4-6-21(19)32-23(27)14-24-28(11-9-16(3)34(29,30)31)20-13-18(26)5-7-22(20)33-24/h4-7,12-16H,8-11H2,1-3H3/p+1. The fourth-order valence-corrected chi connectivity index (χ4v) is 6.80. The highest BCUT2D eigenvalue weighted by molar-refractivity contribution is 8.03. The van der Waals surface area contributed by atoms with Crippen LogP contribution >= 0.6 is 46.3 Å². The fraction of sp³-hybridized carbons (Fsp3) is 0.375. The summed E-state index contributed by atoms with van der Waals surface area (Å²) in [6.07, 6.45) is 3.49. The zero-order valence-corrected chi connectivity index (χ0v) is 23.1. The van der Waals surface area contributed by atoms with E-state index in [1.165, 1.54) is 6.92 Å². The maximum Gasteiger partial charge on any atom is 0.267 e. The third kappa shape index (κ3) is 5.74. The molecule has 2 heterocycles. The molecule has 10 heteroatoms. The van der Waals surface area contributed by atoms with Gasteiger partial charge < -0.3 is 4.90 Å². The van der Waals surface area contributed by atoms with E-state index < -0.39 is 15.4 Å². The largest absolute Gasteiger partial charge is 0.335 e. The van der Waals surface area contributed by atoms with Gasteiger partial charge in [0.25, 0.3) is 15.1 Å². The quantitative estimate of drug-likeness (QED) is 0.236. The number of nitrogens with zero attached hydrogens (tertiary/aromatic N) is 2. The van der Waals surface area contributed by atoms with Crippen LogP contribution in [0.5, 0.6) is 0 Å². The lowest BCUT2D eigenvalue weighted by Gasteiger charge is -2.21. The Balaban J connectivity index is 1.76.